The molecule has 0 spiro atoms. The van der Waals surface area contributed by atoms with E-state index in [0.29, 0.717) is 18.2 Å². The zero-order valence-corrected chi connectivity index (χ0v) is 12.7. The van der Waals surface area contributed by atoms with Crippen LogP contribution in [0.2, 0.25) is 0 Å². The minimum atomic E-state index is -0.217. The Bertz CT molecular complexity index is 485. The first-order chi connectivity index (χ1) is 10.1. The number of ether oxygens (including phenoxy) is 1. The van der Waals surface area contributed by atoms with Gasteiger partial charge < -0.3 is 15.0 Å². The molecule has 1 heterocycles. The monoisotopic (exact) mass is 294 g/mol. The third-order valence-electron chi connectivity index (χ3n) is 3.84. The number of hydrogen-bond donors (Lipinski definition) is 1. The van der Waals surface area contributed by atoms with E-state index >= 15 is 0 Å². The Morgan fingerprint density at radius 3 is 2.76 bits per heavy atom. The Kier molecular flexibility index (Phi) is 5.56. The smallest absolute Gasteiger partial charge is 0.409 e. The highest BCUT2D eigenvalue weighted by molar-refractivity contribution is 5.67. The molecule has 1 aliphatic rings. The lowest BCUT2D eigenvalue weighted by Gasteiger charge is -2.31. The lowest BCUT2D eigenvalue weighted by Crippen LogP contribution is -2.44. The molecule has 1 amide bonds. The average Bonchev–Trinajstić information content (AvgIpc) is 2.49. The van der Waals surface area contributed by atoms with Crippen LogP contribution in [0.1, 0.15) is 30.9 Å². The van der Waals surface area contributed by atoms with Gasteiger partial charge >= 0.3 is 6.09 Å². The van der Waals surface area contributed by atoms with Crippen molar-refractivity contribution in [1.82, 2.24) is 10.2 Å². The molecule has 0 aromatic heterocycles. The van der Waals surface area contributed by atoms with Gasteiger partial charge in [0.15, 0.2) is 0 Å². The summed E-state index contributed by atoms with van der Waals surface area (Å²) < 4.78 is 18.2. The summed E-state index contributed by atoms with van der Waals surface area (Å²) in [6, 6.07) is 5.58. The van der Waals surface area contributed by atoms with E-state index in [1.807, 2.05) is 19.1 Å². The van der Waals surface area contributed by atoms with E-state index in [1.165, 1.54) is 6.07 Å². The van der Waals surface area contributed by atoms with Crippen molar-refractivity contribution in [2.45, 2.75) is 39.3 Å². The topological polar surface area (TPSA) is 41.6 Å². The molecule has 0 radical (unpaired) electrons. The first-order valence-corrected chi connectivity index (χ1v) is 7.50. The lowest BCUT2D eigenvalue weighted by atomic mass is 10.0. The van der Waals surface area contributed by atoms with Crippen LogP contribution in [0.4, 0.5) is 9.18 Å². The second-order valence-electron chi connectivity index (χ2n) is 5.42. The van der Waals surface area contributed by atoms with Crippen molar-refractivity contribution < 1.29 is 13.9 Å². The Hall–Kier alpha value is -1.62. The summed E-state index contributed by atoms with van der Waals surface area (Å²) in [6.07, 6.45) is 1.61. The summed E-state index contributed by atoms with van der Waals surface area (Å²) in [6.45, 7) is 6.18. The number of carbonyl (C=O) groups excluding carboxylic acids is 1. The van der Waals surface area contributed by atoms with Crippen LogP contribution in [-0.4, -0.2) is 36.7 Å². The van der Waals surface area contributed by atoms with Gasteiger partial charge in [-0.05, 0) is 43.9 Å². The van der Waals surface area contributed by atoms with Crippen LogP contribution in [0.15, 0.2) is 18.2 Å². The number of halogens is 1. The van der Waals surface area contributed by atoms with Crippen molar-refractivity contribution in [2.24, 2.45) is 0 Å². The minimum absolute atomic E-state index is 0.165. The predicted molar refractivity (Wildman–Crippen MR) is 79.6 cm³/mol. The van der Waals surface area contributed by atoms with E-state index in [4.69, 9.17) is 4.74 Å². The molecule has 0 bridgehead atoms. The summed E-state index contributed by atoms with van der Waals surface area (Å²) in [7, 11) is 0. The third kappa shape index (κ3) is 4.43. The molecule has 0 atom stereocenters. The molecule has 1 aromatic rings. The Labute approximate surface area is 125 Å². The number of piperidine rings is 1. The number of nitrogens with zero attached hydrogens (tertiary/aromatic N) is 1. The quantitative estimate of drug-likeness (QED) is 0.928. The highest BCUT2D eigenvalue weighted by atomic mass is 19.1. The summed E-state index contributed by atoms with van der Waals surface area (Å²) >= 11 is 0. The Morgan fingerprint density at radius 1 is 1.43 bits per heavy atom. The summed E-state index contributed by atoms with van der Waals surface area (Å²) in [5, 5.41) is 3.47. The van der Waals surface area contributed by atoms with Gasteiger partial charge in [0.2, 0.25) is 0 Å². The average molecular weight is 294 g/mol. The summed E-state index contributed by atoms with van der Waals surface area (Å²) in [5.74, 6) is -0.165. The number of rotatable bonds is 4. The van der Waals surface area contributed by atoms with E-state index in [0.717, 1.165) is 38.0 Å². The van der Waals surface area contributed by atoms with Gasteiger partial charge in [0.1, 0.15) is 5.82 Å². The van der Waals surface area contributed by atoms with Gasteiger partial charge in [-0.1, -0.05) is 12.1 Å². The first-order valence-electron chi connectivity index (χ1n) is 7.50. The van der Waals surface area contributed by atoms with Crippen molar-refractivity contribution in [1.29, 1.82) is 0 Å². The number of aryl methyl sites for hydroxylation is 1. The van der Waals surface area contributed by atoms with Crippen LogP contribution in [-0.2, 0) is 11.3 Å². The Balaban J connectivity index is 1.76. The van der Waals surface area contributed by atoms with Crippen molar-refractivity contribution in [2.75, 3.05) is 19.7 Å². The van der Waals surface area contributed by atoms with Gasteiger partial charge in [0.05, 0.1) is 6.61 Å². The molecular weight excluding hydrogens is 271 g/mol. The van der Waals surface area contributed by atoms with Crippen molar-refractivity contribution >= 4 is 6.09 Å². The fourth-order valence-corrected chi connectivity index (χ4v) is 2.56. The van der Waals surface area contributed by atoms with Crippen LogP contribution in [0.25, 0.3) is 0 Å². The second-order valence-corrected chi connectivity index (χ2v) is 5.42. The number of carbonyl (C=O) groups is 1. The molecule has 0 saturated carbocycles. The zero-order valence-electron chi connectivity index (χ0n) is 12.7. The SMILES string of the molecule is CCOC(=O)N1CCC(NCc2ccc(F)c(C)c2)CC1. The molecule has 0 unspecified atom stereocenters. The molecule has 116 valence electrons. The van der Waals surface area contributed by atoms with E-state index < -0.39 is 0 Å². The van der Waals surface area contributed by atoms with Crippen LogP contribution < -0.4 is 5.32 Å². The van der Waals surface area contributed by atoms with Crippen LogP contribution in [0.5, 0.6) is 0 Å². The van der Waals surface area contributed by atoms with Crippen molar-refractivity contribution in [3.05, 3.63) is 35.1 Å². The maximum Gasteiger partial charge on any atom is 0.409 e. The normalized spacial score (nSPS) is 16.0. The number of likely N-dealkylation sites (tertiary alicyclic amines) is 1. The van der Waals surface area contributed by atoms with Gasteiger partial charge in [0.25, 0.3) is 0 Å². The fraction of sp³-hybridized carbons (Fsp3) is 0.562. The maximum atomic E-state index is 13.2. The lowest BCUT2D eigenvalue weighted by molar-refractivity contribution is 0.0950. The standard InChI is InChI=1S/C16H23FN2O2/c1-3-21-16(20)19-8-6-14(7-9-19)18-11-13-4-5-15(17)12(2)10-13/h4-5,10,14,18H,3,6-9,11H2,1-2H3. The fourth-order valence-electron chi connectivity index (χ4n) is 2.56. The largest absolute Gasteiger partial charge is 0.450 e. The highest BCUT2D eigenvalue weighted by Gasteiger charge is 2.23. The number of benzene rings is 1. The van der Waals surface area contributed by atoms with Crippen molar-refractivity contribution in [3.8, 4) is 0 Å². The molecule has 5 heteroatoms. The highest BCUT2D eigenvalue weighted by Crippen LogP contribution is 2.13. The molecule has 1 N–H and O–H groups in total. The van der Waals surface area contributed by atoms with E-state index in [9.17, 15) is 9.18 Å². The molecule has 1 saturated heterocycles. The van der Waals surface area contributed by atoms with Crippen LogP contribution in [0.3, 0.4) is 0 Å². The Morgan fingerprint density at radius 2 is 2.14 bits per heavy atom. The van der Waals surface area contributed by atoms with Gasteiger partial charge in [-0.15, -0.1) is 0 Å². The molecule has 0 aliphatic carbocycles. The molecule has 2 rings (SSSR count). The van der Waals surface area contributed by atoms with Gasteiger partial charge in [-0.2, -0.15) is 0 Å². The molecular formula is C16H23FN2O2. The minimum Gasteiger partial charge on any atom is -0.450 e. The molecule has 1 aliphatic heterocycles. The van der Waals surface area contributed by atoms with Gasteiger partial charge in [-0.3, -0.25) is 0 Å². The molecule has 21 heavy (non-hydrogen) atoms. The maximum absolute atomic E-state index is 13.2. The summed E-state index contributed by atoms with van der Waals surface area (Å²) in [5.41, 5.74) is 1.76. The van der Waals surface area contributed by atoms with Gasteiger partial charge in [0, 0.05) is 25.7 Å². The summed E-state index contributed by atoms with van der Waals surface area (Å²) in [4.78, 5) is 13.4. The van der Waals surface area contributed by atoms with Gasteiger partial charge in [-0.25, -0.2) is 9.18 Å². The molecule has 1 fully saturated rings. The zero-order chi connectivity index (χ0) is 15.2. The number of amides is 1. The van der Waals surface area contributed by atoms with E-state index in [2.05, 4.69) is 5.32 Å². The molecule has 1 aromatic carbocycles. The van der Waals surface area contributed by atoms with E-state index in [-0.39, 0.29) is 11.9 Å². The third-order valence-corrected chi connectivity index (χ3v) is 3.84. The van der Waals surface area contributed by atoms with Crippen LogP contribution >= 0.6 is 0 Å². The molecule has 4 nitrogen and oxygen atoms in total. The second kappa shape index (κ2) is 7.41. The first kappa shape index (κ1) is 15.8. The van der Waals surface area contributed by atoms with Crippen LogP contribution in [0, 0.1) is 12.7 Å². The van der Waals surface area contributed by atoms with E-state index in [1.54, 1.807) is 11.8 Å². The predicted octanol–water partition coefficient (Wildman–Crippen LogP) is 2.84. The number of hydrogen-bond acceptors (Lipinski definition) is 3. The van der Waals surface area contributed by atoms with Crippen molar-refractivity contribution in [3.63, 3.8) is 0 Å². The number of nitrogens with one attached hydrogen (secondary N) is 1.